The van der Waals surface area contributed by atoms with E-state index >= 15 is 0 Å². The minimum Gasteiger partial charge on any atom is -0.372 e. The van der Waals surface area contributed by atoms with Crippen molar-refractivity contribution in [1.29, 1.82) is 0 Å². The second-order valence-electron chi connectivity index (χ2n) is 3.22. The van der Waals surface area contributed by atoms with Crippen molar-refractivity contribution in [2.24, 2.45) is 5.73 Å². The number of nitrogens with zero attached hydrogens (tertiary/aromatic N) is 1. The van der Waals surface area contributed by atoms with Crippen LogP contribution in [0.25, 0.3) is 10.9 Å². The summed E-state index contributed by atoms with van der Waals surface area (Å²) < 4.78 is 0. The summed E-state index contributed by atoms with van der Waals surface area (Å²) in [6.07, 6.45) is 0.250. The molecule has 2 N–H and O–H groups in total. The van der Waals surface area contributed by atoms with Gasteiger partial charge in [-0.05, 0) is 31.5 Å². The first-order chi connectivity index (χ1) is 7.19. The van der Waals surface area contributed by atoms with Gasteiger partial charge in [-0.15, -0.1) is 0 Å². The van der Waals surface area contributed by atoms with Gasteiger partial charge in [0.05, 0.1) is 5.52 Å². The average Bonchev–Trinajstić information content (AvgIpc) is 2.21. The summed E-state index contributed by atoms with van der Waals surface area (Å²) >= 11 is 0. The molecule has 0 bridgehead atoms. The number of amides is 1. The molecule has 1 amide bonds. The molecule has 0 fully saturated rings. The molecule has 0 aliphatic carbocycles. The van der Waals surface area contributed by atoms with Gasteiger partial charge in [0.25, 0.3) is 0 Å². The molecular weight excluding hydrogens is 188 g/mol. The van der Waals surface area contributed by atoms with Crippen LogP contribution in [0.4, 0.5) is 0 Å². The Kier molecular flexibility index (Phi) is 3.80. The van der Waals surface area contributed by atoms with Crippen LogP contribution in [-0.4, -0.2) is 11.4 Å². The maximum absolute atomic E-state index is 8.58. The normalized spacial score (nSPS) is 9.20. The van der Waals surface area contributed by atoms with Crippen LogP contribution < -0.4 is 5.73 Å². The summed E-state index contributed by atoms with van der Waals surface area (Å²) in [5.41, 5.74) is 7.63. The fourth-order valence-electron chi connectivity index (χ4n) is 1.32. The third kappa shape index (κ3) is 2.77. The van der Waals surface area contributed by atoms with E-state index in [2.05, 4.69) is 29.8 Å². The highest BCUT2D eigenvalue weighted by molar-refractivity contribution is 5.79. The van der Waals surface area contributed by atoms with Gasteiger partial charge < -0.3 is 5.73 Å². The van der Waals surface area contributed by atoms with E-state index in [4.69, 9.17) is 4.79 Å². The average molecular weight is 202 g/mol. The first-order valence-electron chi connectivity index (χ1n) is 4.67. The molecule has 3 nitrogen and oxygen atoms in total. The second kappa shape index (κ2) is 5.10. The third-order valence-electron chi connectivity index (χ3n) is 2.17. The van der Waals surface area contributed by atoms with E-state index in [9.17, 15) is 0 Å². The summed E-state index contributed by atoms with van der Waals surface area (Å²) in [6.45, 7) is 4.14. The van der Waals surface area contributed by atoms with Gasteiger partial charge in [0.1, 0.15) is 0 Å². The molecular formula is C12H14N2O. The first kappa shape index (κ1) is 11.2. The van der Waals surface area contributed by atoms with E-state index in [-0.39, 0.29) is 6.41 Å². The van der Waals surface area contributed by atoms with Crippen LogP contribution in [0.1, 0.15) is 11.3 Å². The van der Waals surface area contributed by atoms with Crippen molar-refractivity contribution in [3.05, 3.63) is 41.6 Å². The van der Waals surface area contributed by atoms with Gasteiger partial charge in [-0.25, -0.2) is 0 Å². The summed E-state index contributed by atoms with van der Waals surface area (Å²) in [5, 5.41) is 1.22. The predicted molar refractivity (Wildman–Crippen MR) is 61.5 cm³/mol. The lowest BCUT2D eigenvalue weighted by Crippen LogP contribution is -1.87. The minimum absolute atomic E-state index is 0.250. The van der Waals surface area contributed by atoms with E-state index < -0.39 is 0 Å². The molecule has 15 heavy (non-hydrogen) atoms. The molecule has 0 aliphatic heterocycles. The second-order valence-corrected chi connectivity index (χ2v) is 3.22. The molecule has 0 atom stereocenters. The van der Waals surface area contributed by atoms with Crippen molar-refractivity contribution in [2.45, 2.75) is 13.8 Å². The number of rotatable bonds is 0. The number of nitrogens with two attached hydrogens (primary N) is 1. The van der Waals surface area contributed by atoms with Crippen LogP contribution in [0.2, 0.25) is 0 Å². The van der Waals surface area contributed by atoms with Gasteiger partial charge in [0.15, 0.2) is 0 Å². The van der Waals surface area contributed by atoms with Gasteiger partial charge in [0.2, 0.25) is 6.41 Å². The minimum atomic E-state index is 0.250. The predicted octanol–water partition coefficient (Wildman–Crippen LogP) is 1.95. The molecule has 1 aromatic heterocycles. The molecule has 1 aromatic carbocycles. The highest BCUT2D eigenvalue weighted by Gasteiger charge is 1.96. The summed E-state index contributed by atoms with van der Waals surface area (Å²) in [7, 11) is 0. The molecule has 0 aliphatic rings. The van der Waals surface area contributed by atoms with Gasteiger partial charge >= 0.3 is 0 Å². The molecule has 0 saturated carbocycles. The van der Waals surface area contributed by atoms with Crippen molar-refractivity contribution in [2.75, 3.05) is 0 Å². The molecule has 2 rings (SSSR count). The number of aromatic nitrogens is 1. The molecule has 0 spiro atoms. The van der Waals surface area contributed by atoms with Crippen molar-refractivity contribution in [3.8, 4) is 0 Å². The molecule has 3 heteroatoms. The van der Waals surface area contributed by atoms with Gasteiger partial charge in [0, 0.05) is 11.1 Å². The van der Waals surface area contributed by atoms with Gasteiger partial charge in [-0.2, -0.15) is 0 Å². The Hall–Kier alpha value is -1.90. The standard InChI is InChI=1S/C11H11N.CH3NO/c1-8-7-10-5-3-4-6-11(10)12-9(8)2;2-1-3/h3-7H,1-2H3;1H,(H2,2,3). The number of benzene rings is 1. The quantitative estimate of drug-likeness (QED) is 0.664. The number of fused-ring (bicyclic) bond motifs is 1. The van der Waals surface area contributed by atoms with Crippen molar-refractivity contribution in [3.63, 3.8) is 0 Å². The molecule has 2 aromatic rings. The number of primary amides is 1. The summed E-state index contributed by atoms with van der Waals surface area (Å²) in [4.78, 5) is 13.1. The number of para-hydroxylation sites is 1. The van der Waals surface area contributed by atoms with Crippen LogP contribution in [0, 0.1) is 13.8 Å². The topological polar surface area (TPSA) is 56.0 Å². The van der Waals surface area contributed by atoms with Crippen molar-refractivity contribution in [1.82, 2.24) is 4.98 Å². The molecule has 0 saturated heterocycles. The maximum atomic E-state index is 8.58. The largest absolute Gasteiger partial charge is 0.372 e. The van der Waals surface area contributed by atoms with Crippen LogP contribution in [0.15, 0.2) is 30.3 Å². The third-order valence-corrected chi connectivity index (χ3v) is 2.17. The number of hydrogen-bond acceptors (Lipinski definition) is 2. The fraction of sp³-hybridized carbons (Fsp3) is 0.167. The Labute approximate surface area is 88.9 Å². The Morgan fingerprint density at radius 3 is 2.53 bits per heavy atom. The zero-order valence-corrected chi connectivity index (χ0v) is 8.90. The van der Waals surface area contributed by atoms with E-state index in [1.807, 2.05) is 25.1 Å². The van der Waals surface area contributed by atoms with Crippen LogP contribution in [0.5, 0.6) is 0 Å². The fourth-order valence-corrected chi connectivity index (χ4v) is 1.32. The lowest BCUT2D eigenvalue weighted by molar-refractivity contribution is -0.106. The van der Waals surface area contributed by atoms with E-state index in [1.165, 1.54) is 10.9 Å². The monoisotopic (exact) mass is 202 g/mol. The zero-order valence-electron chi connectivity index (χ0n) is 8.90. The maximum Gasteiger partial charge on any atom is 0.204 e. The SMILES string of the molecule is Cc1cc2ccccc2nc1C.NC=O. The summed E-state index contributed by atoms with van der Waals surface area (Å²) in [5.74, 6) is 0. The number of aryl methyl sites for hydroxylation is 2. The van der Waals surface area contributed by atoms with Crippen molar-refractivity contribution < 1.29 is 4.79 Å². The van der Waals surface area contributed by atoms with E-state index in [0.29, 0.717) is 0 Å². The lowest BCUT2D eigenvalue weighted by Gasteiger charge is -2.01. The van der Waals surface area contributed by atoms with Gasteiger partial charge in [-0.3, -0.25) is 9.78 Å². The molecule has 1 heterocycles. The Morgan fingerprint density at radius 2 is 1.87 bits per heavy atom. The zero-order chi connectivity index (χ0) is 11.3. The van der Waals surface area contributed by atoms with Crippen LogP contribution in [0.3, 0.4) is 0 Å². The Morgan fingerprint density at radius 1 is 1.27 bits per heavy atom. The highest BCUT2D eigenvalue weighted by atomic mass is 16.1. The van der Waals surface area contributed by atoms with Crippen LogP contribution >= 0.6 is 0 Å². The number of pyridine rings is 1. The molecule has 78 valence electrons. The Balaban J connectivity index is 0.000000337. The number of carbonyl (C=O) groups is 1. The van der Waals surface area contributed by atoms with Crippen molar-refractivity contribution >= 4 is 17.3 Å². The highest BCUT2D eigenvalue weighted by Crippen LogP contribution is 2.14. The van der Waals surface area contributed by atoms with E-state index in [0.717, 1.165) is 11.2 Å². The smallest absolute Gasteiger partial charge is 0.204 e. The summed E-state index contributed by atoms with van der Waals surface area (Å²) in [6, 6.07) is 10.4. The van der Waals surface area contributed by atoms with E-state index in [1.54, 1.807) is 0 Å². The number of hydrogen-bond donors (Lipinski definition) is 1. The molecule has 0 unspecified atom stereocenters. The van der Waals surface area contributed by atoms with Gasteiger partial charge in [-0.1, -0.05) is 18.2 Å². The lowest BCUT2D eigenvalue weighted by atomic mass is 10.1. The first-order valence-corrected chi connectivity index (χ1v) is 4.67. The Bertz CT molecular complexity index is 426. The number of carbonyl (C=O) groups excluding carboxylic acids is 1. The van der Waals surface area contributed by atoms with Crippen LogP contribution in [-0.2, 0) is 4.79 Å². The molecule has 0 radical (unpaired) electrons.